The van der Waals surface area contributed by atoms with E-state index >= 15 is 0 Å². The fourth-order valence-electron chi connectivity index (χ4n) is 2.30. The number of carbonyl (C=O) groups is 1. The summed E-state index contributed by atoms with van der Waals surface area (Å²) in [5, 5.41) is 23.3. The van der Waals surface area contributed by atoms with Crippen molar-refractivity contribution in [2.24, 2.45) is 5.10 Å². The Kier molecular flexibility index (Phi) is 5.78. The van der Waals surface area contributed by atoms with Crippen LogP contribution < -0.4 is 10.3 Å². The number of rotatable bonds is 6. The highest BCUT2D eigenvalue weighted by Gasteiger charge is 2.07. The second-order valence-electron chi connectivity index (χ2n) is 5.16. The minimum absolute atomic E-state index is 0.0104. The third kappa shape index (κ3) is 4.25. The molecule has 0 radical (unpaired) electrons. The molecule has 0 aromatic heterocycles. The maximum atomic E-state index is 11.9. The van der Waals surface area contributed by atoms with Crippen molar-refractivity contribution in [3.8, 4) is 11.5 Å². The fourth-order valence-corrected chi connectivity index (χ4v) is 2.30. The molecular formula is C18H21N3O3. The first kappa shape index (κ1) is 17.3. The summed E-state index contributed by atoms with van der Waals surface area (Å²) in [6, 6.07) is 11.3. The molecule has 0 aliphatic heterocycles. The van der Waals surface area contributed by atoms with E-state index in [-0.39, 0.29) is 11.5 Å². The fraction of sp³-hybridized carbons (Fsp3) is 0.222. The van der Waals surface area contributed by atoms with Gasteiger partial charge in [-0.1, -0.05) is 6.07 Å². The molecule has 0 bridgehead atoms. The van der Waals surface area contributed by atoms with Crippen molar-refractivity contribution < 1.29 is 15.0 Å². The normalized spacial score (nSPS) is 10.8. The first-order chi connectivity index (χ1) is 11.5. The highest BCUT2D eigenvalue weighted by Crippen LogP contribution is 2.23. The standard InChI is InChI=1S/C18H21N3O3/c1-3-21(4-2)15-9-8-14(17(23)11-15)12-19-20-18(24)13-6-5-7-16(22)10-13/h5-12,22-23H,3-4H2,1-2H3,(H,20,24)/b19-12+. The summed E-state index contributed by atoms with van der Waals surface area (Å²) in [5.74, 6) is -0.340. The topological polar surface area (TPSA) is 85.2 Å². The molecule has 1 amide bonds. The predicted molar refractivity (Wildman–Crippen MR) is 94.8 cm³/mol. The summed E-state index contributed by atoms with van der Waals surface area (Å²) in [5.41, 5.74) is 4.09. The molecular weight excluding hydrogens is 306 g/mol. The molecule has 3 N–H and O–H groups in total. The Bertz CT molecular complexity index is 740. The zero-order valence-electron chi connectivity index (χ0n) is 13.7. The highest BCUT2D eigenvalue weighted by atomic mass is 16.3. The number of nitrogens with zero attached hydrogens (tertiary/aromatic N) is 2. The Morgan fingerprint density at radius 3 is 2.54 bits per heavy atom. The monoisotopic (exact) mass is 327 g/mol. The van der Waals surface area contributed by atoms with Crippen molar-refractivity contribution in [1.29, 1.82) is 0 Å². The van der Waals surface area contributed by atoms with E-state index in [4.69, 9.17) is 0 Å². The SMILES string of the molecule is CCN(CC)c1ccc(/C=N/NC(=O)c2cccc(O)c2)c(O)c1. The van der Waals surface area contributed by atoms with Gasteiger partial charge in [-0.05, 0) is 44.2 Å². The molecule has 0 atom stereocenters. The smallest absolute Gasteiger partial charge is 0.271 e. The second-order valence-corrected chi connectivity index (χ2v) is 5.16. The van der Waals surface area contributed by atoms with Crippen LogP contribution in [0.3, 0.4) is 0 Å². The summed E-state index contributed by atoms with van der Waals surface area (Å²) in [6.45, 7) is 5.80. The summed E-state index contributed by atoms with van der Waals surface area (Å²) in [4.78, 5) is 14.0. The van der Waals surface area contributed by atoms with E-state index in [1.807, 2.05) is 19.9 Å². The number of hydrogen-bond acceptors (Lipinski definition) is 5. The zero-order valence-corrected chi connectivity index (χ0v) is 13.7. The molecule has 24 heavy (non-hydrogen) atoms. The average molecular weight is 327 g/mol. The number of amides is 1. The van der Waals surface area contributed by atoms with Crippen molar-refractivity contribution in [1.82, 2.24) is 5.43 Å². The minimum Gasteiger partial charge on any atom is -0.508 e. The Balaban J connectivity index is 2.05. The number of benzene rings is 2. The highest BCUT2D eigenvalue weighted by molar-refractivity contribution is 5.95. The maximum Gasteiger partial charge on any atom is 0.271 e. The van der Waals surface area contributed by atoms with Crippen LogP contribution in [0.5, 0.6) is 11.5 Å². The molecule has 0 fully saturated rings. The summed E-state index contributed by atoms with van der Waals surface area (Å²) >= 11 is 0. The Hall–Kier alpha value is -3.02. The molecule has 0 spiro atoms. The summed E-state index contributed by atoms with van der Waals surface area (Å²) in [7, 11) is 0. The third-order valence-corrected chi connectivity index (χ3v) is 3.62. The van der Waals surface area contributed by atoms with Gasteiger partial charge in [0, 0.05) is 36.0 Å². The van der Waals surface area contributed by atoms with Crippen LogP contribution in [0.15, 0.2) is 47.6 Å². The van der Waals surface area contributed by atoms with E-state index in [2.05, 4.69) is 15.4 Å². The number of hydrazone groups is 1. The van der Waals surface area contributed by atoms with Crippen LogP contribution in [0.2, 0.25) is 0 Å². The van der Waals surface area contributed by atoms with Gasteiger partial charge in [-0.3, -0.25) is 4.79 Å². The lowest BCUT2D eigenvalue weighted by atomic mass is 10.2. The lowest BCUT2D eigenvalue weighted by molar-refractivity contribution is 0.0954. The Morgan fingerprint density at radius 2 is 1.92 bits per heavy atom. The van der Waals surface area contributed by atoms with Crippen LogP contribution in [0.1, 0.15) is 29.8 Å². The number of hydrogen-bond donors (Lipinski definition) is 3. The van der Waals surface area contributed by atoms with Gasteiger partial charge in [-0.15, -0.1) is 0 Å². The van der Waals surface area contributed by atoms with Crippen LogP contribution in [0, 0.1) is 0 Å². The average Bonchev–Trinajstić information content (AvgIpc) is 2.57. The van der Waals surface area contributed by atoms with Gasteiger partial charge in [0.15, 0.2) is 0 Å². The van der Waals surface area contributed by atoms with Gasteiger partial charge in [0.05, 0.1) is 6.21 Å². The van der Waals surface area contributed by atoms with Crippen LogP contribution >= 0.6 is 0 Å². The summed E-state index contributed by atoms with van der Waals surface area (Å²) in [6.07, 6.45) is 1.38. The first-order valence-electron chi connectivity index (χ1n) is 7.75. The molecule has 0 aliphatic carbocycles. The molecule has 0 saturated heterocycles. The number of phenols is 2. The lowest BCUT2D eigenvalue weighted by Gasteiger charge is -2.21. The van der Waals surface area contributed by atoms with Gasteiger partial charge in [-0.25, -0.2) is 5.43 Å². The largest absolute Gasteiger partial charge is 0.508 e. The van der Waals surface area contributed by atoms with Gasteiger partial charge in [-0.2, -0.15) is 5.10 Å². The van der Waals surface area contributed by atoms with E-state index < -0.39 is 5.91 Å². The molecule has 6 heteroatoms. The van der Waals surface area contributed by atoms with Gasteiger partial charge >= 0.3 is 0 Å². The Morgan fingerprint density at radius 1 is 1.17 bits per heavy atom. The van der Waals surface area contributed by atoms with E-state index in [0.29, 0.717) is 11.1 Å². The van der Waals surface area contributed by atoms with E-state index in [9.17, 15) is 15.0 Å². The van der Waals surface area contributed by atoms with Crippen molar-refractivity contribution in [3.63, 3.8) is 0 Å². The van der Waals surface area contributed by atoms with Crippen molar-refractivity contribution in [2.75, 3.05) is 18.0 Å². The van der Waals surface area contributed by atoms with Crippen molar-refractivity contribution >= 4 is 17.8 Å². The first-order valence-corrected chi connectivity index (χ1v) is 7.75. The lowest BCUT2D eigenvalue weighted by Crippen LogP contribution is -2.21. The van der Waals surface area contributed by atoms with Gasteiger partial charge < -0.3 is 15.1 Å². The molecule has 126 valence electrons. The van der Waals surface area contributed by atoms with Crippen LogP contribution in [-0.2, 0) is 0 Å². The van der Waals surface area contributed by atoms with Gasteiger partial charge in [0.25, 0.3) is 5.91 Å². The molecule has 0 aliphatic rings. The van der Waals surface area contributed by atoms with Gasteiger partial charge in [0.2, 0.25) is 0 Å². The maximum absolute atomic E-state index is 11.9. The number of aromatic hydroxyl groups is 2. The molecule has 2 rings (SSSR count). The summed E-state index contributed by atoms with van der Waals surface area (Å²) < 4.78 is 0. The molecule has 2 aromatic carbocycles. The van der Waals surface area contributed by atoms with Gasteiger partial charge in [0.1, 0.15) is 11.5 Å². The quantitative estimate of drug-likeness (QED) is 0.562. The van der Waals surface area contributed by atoms with Crippen LogP contribution in [-0.4, -0.2) is 35.4 Å². The zero-order chi connectivity index (χ0) is 17.5. The number of anilines is 1. The number of carbonyl (C=O) groups excluding carboxylic acids is 1. The number of nitrogens with one attached hydrogen (secondary N) is 1. The molecule has 2 aromatic rings. The molecule has 0 saturated carbocycles. The van der Waals surface area contributed by atoms with Crippen LogP contribution in [0.4, 0.5) is 5.69 Å². The van der Waals surface area contributed by atoms with Crippen LogP contribution in [0.25, 0.3) is 0 Å². The molecule has 0 heterocycles. The minimum atomic E-state index is -0.443. The molecule has 6 nitrogen and oxygen atoms in total. The van der Waals surface area contributed by atoms with E-state index in [0.717, 1.165) is 18.8 Å². The Labute approximate surface area is 141 Å². The molecule has 0 unspecified atom stereocenters. The second kappa shape index (κ2) is 8.01. The third-order valence-electron chi connectivity index (χ3n) is 3.62. The van der Waals surface area contributed by atoms with E-state index in [1.54, 1.807) is 24.3 Å². The van der Waals surface area contributed by atoms with Crippen molar-refractivity contribution in [2.45, 2.75) is 13.8 Å². The number of phenolic OH excluding ortho intramolecular Hbond substituents is 2. The van der Waals surface area contributed by atoms with E-state index in [1.165, 1.54) is 18.3 Å². The van der Waals surface area contributed by atoms with Crippen molar-refractivity contribution in [3.05, 3.63) is 53.6 Å². The predicted octanol–water partition coefficient (Wildman–Crippen LogP) is 2.71.